The molecule has 0 aromatic carbocycles. The SMILES string of the molecule is COC(=O)CC1CCCCN1C(=O)[C@H]1CCC(=O)N1. The van der Waals surface area contributed by atoms with Crippen LogP contribution in [0.1, 0.15) is 38.5 Å². The number of amides is 2. The fourth-order valence-electron chi connectivity index (χ4n) is 2.78. The van der Waals surface area contributed by atoms with Gasteiger partial charge in [0.15, 0.2) is 0 Å². The Kier molecular flexibility index (Phi) is 4.39. The molecule has 0 aliphatic carbocycles. The number of hydrogen-bond acceptors (Lipinski definition) is 4. The average Bonchev–Trinajstić information content (AvgIpc) is 2.85. The molecule has 0 saturated carbocycles. The zero-order chi connectivity index (χ0) is 13.8. The van der Waals surface area contributed by atoms with Gasteiger partial charge in [-0.15, -0.1) is 0 Å². The van der Waals surface area contributed by atoms with Crippen molar-refractivity contribution in [2.45, 2.75) is 50.6 Å². The molecule has 0 aromatic rings. The molecule has 1 N–H and O–H groups in total. The highest BCUT2D eigenvalue weighted by molar-refractivity contribution is 5.91. The number of nitrogens with one attached hydrogen (secondary N) is 1. The summed E-state index contributed by atoms with van der Waals surface area (Å²) in [6.07, 6.45) is 3.99. The number of hydrogen-bond donors (Lipinski definition) is 1. The molecule has 0 aromatic heterocycles. The monoisotopic (exact) mass is 268 g/mol. The molecule has 2 atom stereocenters. The average molecular weight is 268 g/mol. The number of nitrogens with zero attached hydrogens (tertiary/aromatic N) is 1. The molecule has 19 heavy (non-hydrogen) atoms. The third-order valence-electron chi connectivity index (χ3n) is 3.83. The molecule has 2 fully saturated rings. The van der Waals surface area contributed by atoms with E-state index in [0.29, 0.717) is 19.4 Å². The minimum atomic E-state index is -0.411. The fraction of sp³-hybridized carbons (Fsp3) is 0.769. The molecular weight excluding hydrogens is 248 g/mol. The Morgan fingerprint density at radius 3 is 2.79 bits per heavy atom. The Hall–Kier alpha value is -1.59. The van der Waals surface area contributed by atoms with Gasteiger partial charge in [0.1, 0.15) is 6.04 Å². The lowest BCUT2D eigenvalue weighted by molar-refractivity contribution is -0.145. The molecule has 6 nitrogen and oxygen atoms in total. The lowest BCUT2D eigenvalue weighted by atomic mass is 9.98. The summed E-state index contributed by atoms with van der Waals surface area (Å²) in [4.78, 5) is 36.7. The van der Waals surface area contributed by atoms with Crippen molar-refractivity contribution in [1.82, 2.24) is 10.2 Å². The molecule has 0 bridgehead atoms. The molecule has 0 radical (unpaired) electrons. The first-order chi connectivity index (χ1) is 9.11. The van der Waals surface area contributed by atoms with Crippen molar-refractivity contribution in [1.29, 1.82) is 0 Å². The van der Waals surface area contributed by atoms with Crippen LogP contribution in [0, 0.1) is 0 Å². The summed E-state index contributed by atoms with van der Waals surface area (Å²) in [5.74, 6) is -0.417. The summed E-state index contributed by atoms with van der Waals surface area (Å²) in [6, 6.07) is -0.503. The fourth-order valence-corrected chi connectivity index (χ4v) is 2.78. The summed E-state index contributed by atoms with van der Waals surface area (Å²) < 4.78 is 4.68. The van der Waals surface area contributed by atoms with Crippen molar-refractivity contribution in [2.75, 3.05) is 13.7 Å². The van der Waals surface area contributed by atoms with Crippen molar-refractivity contribution in [3.8, 4) is 0 Å². The number of carbonyl (C=O) groups is 3. The molecule has 2 aliphatic rings. The van der Waals surface area contributed by atoms with E-state index in [0.717, 1.165) is 19.3 Å². The molecule has 2 saturated heterocycles. The molecule has 2 aliphatic heterocycles. The predicted molar refractivity (Wildman–Crippen MR) is 67.1 cm³/mol. The Morgan fingerprint density at radius 1 is 1.37 bits per heavy atom. The maximum Gasteiger partial charge on any atom is 0.307 e. The van der Waals surface area contributed by atoms with Crippen molar-refractivity contribution in [3.63, 3.8) is 0 Å². The van der Waals surface area contributed by atoms with E-state index >= 15 is 0 Å². The van der Waals surface area contributed by atoms with E-state index in [1.807, 2.05) is 0 Å². The maximum absolute atomic E-state index is 12.4. The highest BCUT2D eigenvalue weighted by atomic mass is 16.5. The quantitative estimate of drug-likeness (QED) is 0.742. The van der Waals surface area contributed by atoms with Gasteiger partial charge < -0.3 is 15.0 Å². The number of methoxy groups -OCH3 is 1. The predicted octanol–water partition coefficient (Wildman–Crippen LogP) is 0.209. The zero-order valence-electron chi connectivity index (χ0n) is 11.2. The second-order valence-corrected chi connectivity index (χ2v) is 5.12. The highest BCUT2D eigenvalue weighted by Crippen LogP contribution is 2.22. The van der Waals surface area contributed by atoms with Gasteiger partial charge in [0.05, 0.1) is 13.5 Å². The van der Waals surface area contributed by atoms with Crippen LogP contribution in [0.15, 0.2) is 0 Å². The third-order valence-corrected chi connectivity index (χ3v) is 3.83. The van der Waals surface area contributed by atoms with Crippen LogP contribution in [0.4, 0.5) is 0 Å². The van der Waals surface area contributed by atoms with E-state index in [2.05, 4.69) is 10.1 Å². The van der Waals surface area contributed by atoms with Crippen LogP contribution in [0.2, 0.25) is 0 Å². The van der Waals surface area contributed by atoms with Crippen LogP contribution >= 0.6 is 0 Å². The van der Waals surface area contributed by atoms with Gasteiger partial charge in [-0.25, -0.2) is 0 Å². The number of carbonyl (C=O) groups excluding carboxylic acids is 3. The topological polar surface area (TPSA) is 75.7 Å². The Bertz CT molecular complexity index is 383. The summed E-state index contributed by atoms with van der Waals surface area (Å²) in [5, 5.41) is 2.69. The molecule has 6 heteroatoms. The van der Waals surface area contributed by atoms with Crippen molar-refractivity contribution in [2.24, 2.45) is 0 Å². The maximum atomic E-state index is 12.4. The van der Waals surface area contributed by atoms with Crippen molar-refractivity contribution >= 4 is 17.8 Å². The third kappa shape index (κ3) is 3.24. The van der Waals surface area contributed by atoms with Gasteiger partial charge in [0, 0.05) is 19.0 Å². The van der Waals surface area contributed by atoms with Gasteiger partial charge in [-0.05, 0) is 25.7 Å². The van der Waals surface area contributed by atoms with E-state index < -0.39 is 6.04 Å². The first kappa shape index (κ1) is 13.8. The van der Waals surface area contributed by atoms with Gasteiger partial charge in [0.2, 0.25) is 11.8 Å². The van der Waals surface area contributed by atoms with Gasteiger partial charge in [0.25, 0.3) is 0 Å². The smallest absolute Gasteiger partial charge is 0.307 e. The van der Waals surface area contributed by atoms with Crippen LogP contribution in [0.25, 0.3) is 0 Å². The molecule has 2 rings (SSSR count). The number of esters is 1. The summed E-state index contributed by atoms with van der Waals surface area (Å²) >= 11 is 0. The number of ether oxygens (including phenoxy) is 1. The van der Waals surface area contributed by atoms with Crippen LogP contribution in [-0.2, 0) is 19.1 Å². The molecule has 2 heterocycles. The van der Waals surface area contributed by atoms with Crippen molar-refractivity contribution in [3.05, 3.63) is 0 Å². The lowest BCUT2D eigenvalue weighted by Crippen LogP contribution is -2.51. The van der Waals surface area contributed by atoms with E-state index in [-0.39, 0.29) is 30.2 Å². The molecule has 0 spiro atoms. The Morgan fingerprint density at radius 2 is 2.16 bits per heavy atom. The summed E-state index contributed by atoms with van der Waals surface area (Å²) in [6.45, 7) is 0.660. The van der Waals surface area contributed by atoms with Crippen LogP contribution in [0.3, 0.4) is 0 Å². The van der Waals surface area contributed by atoms with Crippen molar-refractivity contribution < 1.29 is 19.1 Å². The van der Waals surface area contributed by atoms with E-state index in [1.54, 1.807) is 4.90 Å². The lowest BCUT2D eigenvalue weighted by Gasteiger charge is -2.36. The van der Waals surface area contributed by atoms with Gasteiger partial charge in [-0.2, -0.15) is 0 Å². The molecule has 1 unspecified atom stereocenters. The van der Waals surface area contributed by atoms with Gasteiger partial charge in [-0.3, -0.25) is 14.4 Å². The first-order valence-electron chi connectivity index (χ1n) is 6.78. The number of piperidine rings is 1. The van der Waals surface area contributed by atoms with E-state index in [4.69, 9.17) is 0 Å². The molecular formula is C13H20N2O4. The van der Waals surface area contributed by atoms with E-state index in [9.17, 15) is 14.4 Å². The Labute approximate surface area is 112 Å². The molecule has 106 valence electrons. The minimum Gasteiger partial charge on any atom is -0.469 e. The standard InChI is InChI=1S/C13H20N2O4/c1-19-12(17)8-9-4-2-3-7-15(9)13(18)10-5-6-11(16)14-10/h9-10H,2-8H2,1H3,(H,14,16)/t9?,10-/m1/s1. The van der Waals surface area contributed by atoms with Crippen LogP contribution in [-0.4, -0.2) is 48.4 Å². The highest BCUT2D eigenvalue weighted by Gasteiger charge is 2.35. The zero-order valence-corrected chi connectivity index (χ0v) is 11.2. The summed E-state index contributed by atoms with van der Waals surface area (Å²) in [5.41, 5.74) is 0. The second-order valence-electron chi connectivity index (χ2n) is 5.12. The second kappa shape index (κ2) is 6.04. The normalized spacial score (nSPS) is 27.0. The van der Waals surface area contributed by atoms with Crippen LogP contribution in [0.5, 0.6) is 0 Å². The van der Waals surface area contributed by atoms with E-state index in [1.165, 1.54) is 7.11 Å². The van der Waals surface area contributed by atoms with Crippen LogP contribution < -0.4 is 5.32 Å². The molecule has 2 amide bonds. The minimum absolute atomic E-state index is 0.0561. The largest absolute Gasteiger partial charge is 0.469 e. The summed E-state index contributed by atoms with van der Waals surface area (Å²) in [7, 11) is 1.36. The van der Waals surface area contributed by atoms with Gasteiger partial charge in [-0.1, -0.05) is 0 Å². The number of likely N-dealkylation sites (tertiary alicyclic amines) is 1. The first-order valence-corrected chi connectivity index (χ1v) is 6.78. The number of rotatable bonds is 3. The van der Waals surface area contributed by atoms with Gasteiger partial charge >= 0.3 is 5.97 Å². The Balaban J connectivity index is 2.00.